The van der Waals surface area contributed by atoms with Gasteiger partial charge in [0.2, 0.25) is 0 Å². The lowest BCUT2D eigenvalue weighted by atomic mass is 10.0. The van der Waals surface area contributed by atoms with Gasteiger partial charge in [0, 0.05) is 20.6 Å². The number of carbonyl (C=O) groups is 2. The highest BCUT2D eigenvalue weighted by Gasteiger charge is 2.55. The Balaban J connectivity index is 1.56. The highest BCUT2D eigenvalue weighted by Crippen LogP contribution is 2.31. The molecule has 3 amide bonds. The Bertz CT molecular complexity index is 1100. The summed E-state index contributed by atoms with van der Waals surface area (Å²) in [6.07, 6.45) is -0.689. The molecule has 0 spiro atoms. The highest BCUT2D eigenvalue weighted by atomic mass is 16.2. The van der Waals surface area contributed by atoms with Gasteiger partial charge in [0.25, 0.3) is 5.91 Å². The van der Waals surface area contributed by atoms with Crippen molar-refractivity contribution in [3.05, 3.63) is 70.8 Å². The predicted molar refractivity (Wildman–Crippen MR) is 122 cm³/mol. The number of carbonyl (C=O) groups excluding carboxylic acids is 2. The molecule has 0 radical (unpaired) electrons. The van der Waals surface area contributed by atoms with Gasteiger partial charge < -0.3 is 4.90 Å². The maximum atomic E-state index is 13.2. The van der Waals surface area contributed by atoms with Crippen LogP contribution < -0.4 is 5.32 Å². The van der Waals surface area contributed by atoms with Crippen LogP contribution in [0.15, 0.2) is 53.6 Å². The number of likely N-dealkylation sites (N-methyl/N-ethyl adjacent to an activating group) is 2. The zero-order chi connectivity index (χ0) is 22.6. The fourth-order valence-electron chi connectivity index (χ4n) is 4.82. The van der Waals surface area contributed by atoms with Gasteiger partial charge in [-0.3, -0.25) is 20.0 Å². The summed E-state index contributed by atoms with van der Waals surface area (Å²) in [6.45, 7) is 5.31. The average molecular weight is 433 g/mol. The van der Waals surface area contributed by atoms with Gasteiger partial charge in [-0.05, 0) is 30.5 Å². The molecule has 5 rings (SSSR count). The van der Waals surface area contributed by atoms with Crippen LogP contribution in [-0.4, -0.2) is 76.5 Å². The third-order valence-electron chi connectivity index (χ3n) is 6.69. The van der Waals surface area contributed by atoms with Crippen LogP contribution in [0.3, 0.4) is 0 Å². The number of imide groups is 1. The Morgan fingerprint density at radius 3 is 2.56 bits per heavy atom. The van der Waals surface area contributed by atoms with E-state index in [-0.39, 0.29) is 18.2 Å². The summed E-state index contributed by atoms with van der Waals surface area (Å²) >= 11 is 0. The summed E-state index contributed by atoms with van der Waals surface area (Å²) < 4.78 is 0. The molecule has 8 nitrogen and oxygen atoms in total. The van der Waals surface area contributed by atoms with Gasteiger partial charge in [-0.15, -0.1) is 0 Å². The molecule has 0 aliphatic carbocycles. The van der Waals surface area contributed by atoms with Gasteiger partial charge in [-0.1, -0.05) is 54.1 Å². The number of hydrogen-bond acceptors (Lipinski definition) is 6. The number of aryl methyl sites for hydroxylation is 2. The lowest BCUT2D eigenvalue weighted by Crippen LogP contribution is -2.65. The van der Waals surface area contributed by atoms with E-state index >= 15 is 0 Å². The van der Waals surface area contributed by atoms with Crippen molar-refractivity contribution < 1.29 is 9.59 Å². The van der Waals surface area contributed by atoms with Crippen molar-refractivity contribution in [2.45, 2.75) is 38.9 Å². The monoisotopic (exact) mass is 432 g/mol. The maximum Gasteiger partial charge on any atom is 0.327 e. The molecule has 2 aromatic rings. The molecule has 2 fully saturated rings. The minimum absolute atomic E-state index is 0.186. The number of hydrazone groups is 1. The average Bonchev–Trinajstić information content (AvgIpc) is 3.19. The zero-order valence-electron chi connectivity index (χ0n) is 18.8. The highest BCUT2D eigenvalue weighted by molar-refractivity contribution is 6.04. The van der Waals surface area contributed by atoms with Crippen LogP contribution in [0.25, 0.3) is 0 Å². The van der Waals surface area contributed by atoms with Crippen molar-refractivity contribution in [1.29, 1.82) is 0 Å². The summed E-state index contributed by atoms with van der Waals surface area (Å²) in [6, 6.07) is 15.7. The number of amides is 3. The third kappa shape index (κ3) is 3.27. The van der Waals surface area contributed by atoms with E-state index in [1.807, 2.05) is 35.3 Å². The Morgan fingerprint density at radius 1 is 1.06 bits per heavy atom. The van der Waals surface area contributed by atoms with E-state index in [1.165, 1.54) is 21.6 Å². The predicted octanol–water partition coefficient (Wildman–Crippen LogP) is 1.93. The second-order valence-electron chi connectivity index (χ2n) is 8.83. The molecule has 3 unspecified atom stereocenters. The Labute approximate surface area is 188 Å². The Kier molecular flexibility index (Phi) is 4.98. The number of nitrogens with one attached hydrogen (secondary N) is 1. The van der Waals surface area contributed by atoms with Gasteiger partial charge in [0.05, 0.1) is 12.3 Å². The topological polar surface area (TPSA) is 71.5 Å². The van der Waals surface area contributed by atoms with Crippen LogP contribution in [-0.2, 0) is 11.3 Å². The molecule has 2 saturated heterocycles. The lowest BCUT2D eigenvalue weighted by molar-refractivity contribution is -0.137. The van der Waals surface area contributed by atoms with E-state index in [1.54, 1.807) is 19.0 Å². The van der Waals surface area contributed by atoms with E-state index in [9.17, 15) is 9.59 Å². The van der Waals surface area contributed by atoms with Crippen molar-refractivity contribution in [1.82, 2.24) is 25.0 Å². The maximum absolute atomic E-state index is 13.2. The van der Waals surface area contributed by atoms with Crippen molar-refractivity contribution in [3.63, 3.8) is 0 Å². The van der Waals surface area contributed by atoms with E-state index in [0.717, 1.165) is 11.3 Å². The van der Waals surface area contributed by atoms with Crippen molar-refractivity contribution in [3.8, 4) is 0 Å². The summed E-state index contributed by atoms with van der Waals surface area (Å²) in [5, 5.41) is 10.5. The van der Waals surface area contributed by atoms with E-state index in [2.05, 4.69) is 42.3 Å². The van der Waals surface area contributed by atoms with Gasteiger partial charge in [0.15, 0.2) is 6.29 Å². The second kappa shape index (κ2) is 7.72. The van der Waals surface area contributed by atoms with E-state index in [4.69, 9.17) is 5.10 Å². The summed E-state index contributed by atoms with van der Waals surface area (Å²) in [7, 11) is 3.29. The fraction of sp³-hybridized carbons (Fsp3) is 0.375. The molecule has 0 aromatic heterocycles. The fourth-order valence-corrected chi connectivity index (χ4v) is 4.82. The zero-order valence-corrected chi connectivity index (χ0v) is 18.8. The number of hydrogen-bond donors (Lipinski definition) is 1. The first-order valence-corrected chi connectivity index (χ1v) is 10.9. The molecular formula is C24H28N6O2. The third-order valence-corrected chi connectivity index (χ3v) is 6.69. The van der Waals surface area contributed by atoms with Crippen LogP contribution in [0.5, 0.6) is 0 Å². The van der Waals surface area contributed by atoms with Crippen molar-refractivity contribution >= 4 is 17.6 Å². The van der Waals surface area contributed by atoms with Crippen molar-refractivity contribution in [2.24, 2.45) is 5.10 Å². The number of benzene rings is 2. The largest absolute Gasteiger partial charge is 0.327 e. The van der Waals surface area contributed by atoms with Crippen LogP contribution in [0.4, 0.5) is 4.79 Å². The minimum atomic E-state index is -0.469. The second-order valence-corrected chi connectivity index (χ2v) is 8.83. The Hall–Kier alpha value is -3.23. The molecule has 166 valence electrons. The number of urea groups is 1. The molecule has 3 aliphatic rings. The minimum Gasteiger partial charge on any atom is -0.310 e. The first-order chi connectivity index (χ1) is 15.3. The van der Waals surface area contributed by atoms with Crippen LogP contribution in [0.2, 0.25) is 0 Å². The normalized spacial score (nSPS) is 25.7. The smallest absolute Gasteiger partial charge is 0.310 e. The Morgan fingerprint density at radius 2 is 1.81 bits per heavy atom. The van der Waals surface area contributed by atoms with Gasteiger partial charge in [-0.2, -0.15) is 5.10 Å². The van der Waals surface area contributed by atoms with Crippen LogP contribution in [0, 0.1) is 13.8 Å². The molecule has 1 N–H and O–H groups in total. The van der Waals surface area contributed by atoms with Gasteiger partial charge in [-0.25, -0.2) is 9.69 Å². The molecule has 0 bridgehead atoms. The number of nitrogens with zero attached hydrogens (tertiary/aromatic N) is 5. The molecule has 8 heteroatoms. The first kappa shape index (κ1) is 20.7. The summed E-state index contributed by atoms with van der Waals surface area (Å²) in [5.41, 5.74) is 5.52. The summed E-state index contributed by atoms with van der Waals surface area (Å²) in [4.78, 5) is 30.7. The van der Waals surface area contributed by atoms with Crippen LogP contribution >= 0.6 is 0 Å². The van der Waals surface area contributed by atoms with Gasteiger partial charge in [0.1, 0.15) is 12.2 Å². The molecule has 32 heavy (non-hydrogen) atoms. The number of rotatable bonds is 3. The SMILES string of the molecule is Cc1ccc(C)c(CN2N=C(c3ccccc3)CN3C4C(=O)N(C)C(=O)N(C)C4NC23)c1. The molecule has 3 heterocycles. The summed E-state index contributed by atoms with van der Waals surface area (Å²) in [5.74, 6) is -0.186. The van der Waals surface area contributed by atoms with Gasteiger partial charge >= 0.3 is 6.03 Å². The molecule has 0 saturated carbocycles. The number of fused-ring (bicyclic) bond motifs is 3. The van der Waals surface area contributed by atoms with E-state index < -0.39 is 12.2 Å². The first-order valence-electron chi connectivity index (χ1n) is 10.9. The molecule has 3 atom stereocenters. The molecule has 3 aliphatic heterocycles. The van der Waals surface area contributed by atoms with E-state index in [0.29, 0.717) is 13.1 Å². The molecular weight excluding hydrogens is 404 g/mol. The van der Waals surface area contributed by atoms with Crippen molar-refractivity contribution in [2.75, 3.05) is 20.6 Å². The standard InChI is InChI=1S/C24H28N6O2/c1-15-10-11-16(2)18(12-15)13-30-23-25-21-20(22(31)28(4)24(32)27(21)3)29(23)14-19(26-30)17-8-6-5-7-9-17/h5-12,20-21,23,25H,13-14H2,1-4H3. The molecule has 2 aromatic carbocycles. The lowest BCUT2D eigenvalue weighted by Gasteiger charge is -2.41. The van der Waals surface area contributed by atoms with Crippen LogP contribution in [0.1, 0.15) is 22.3 Å². The quantitative estimate of drug-likeness (QED) is 0.803.